The molecular weight excluding hydrogens is 304 g/mol. The highest BCUT2D eigenvalue weighted by atomic mass is 16.5. The van der Waals surface area contributed by atoms with Crippen LogP contribution in [0.4, 0.5) is 0 Å². The summed E-state index contributed by atoms with van der Waals surface area (Å²) in [6, 6.07) is 6.48. The van der Waals surface area contributed by atoms with Crippen LogP contribution in [0, 0.1) is 17.0 Å². The summed E-state index contributed by atoms with van der Waals surface area (Å²) >= 11 is 0. The first-order valence-electron chi connectivity index (χ1n) is 8.85. The number of fused-ring (bicyclic) bond motifs is 4. The van der Waals surface area contributed by atoms with E-state index in [2.05, 4.69) is 11.8 Å². The number of aromatic nitrogens is 1. The summed E-state index contributed by atoms with van der Waals surface area (Å²) in [6.45, 7) is 4.35. The third-order valence-electron chi connectivity index (χ3n) is 6.06. The van der Waals surface area contributed by atoms with Crippen LogP contribution in [-0.2, 0) is 0 Å². The minimum absolute atomic E-state index is 0.0969. The van der Waals surface area contributed by atoms with Gasteiger partial charge in [-0.3, -0.25) is 4.90 Å². The molecule has 3 aliphatic heterocycles. The zero-order chi connectivity index (χ0) is 16.8. The number of benzene rings is 1. The first-order valence-corrected chi connectivity index (χ1v) is 8.85. The first-order chi connectivity index (χ1) is 11.6. The normalized spacial score (nSPS) is 30.6. The van der Waals surface area contributed by atoms with Gasteiger partial charge in [0.25, 0.3) is 0 Å². The van der Waals surface area contributed by atoms with E-state index < -0.39 is 6.10 Å². The van der Waals surface area contributed by atoms with Crippen molar-refractivity contribution in [3.8, 4) is 5.75 Å². The van der Waals surface area contributed by atoms with Crippen molar-refractivity contribution in [2.24, 2.45) is 11.8 Å². The highest BCUT2D eigenvalue weighted by molar-refractivity contribution is 5.81. The fraction of sp³-hybridized carbons (Fsp3) is 0.526. The number of aromatic hydroxyl groups is 1. The number of phenolic OH excluding ortho intramolecular Hbond substituents is 1. The molecule has 24 heavy (non-hydrogen) atoms. The van der Waals surface area contributed by atoms with Crippen molar-refractivity contribution < 1.29 is 14.9 Å². The van der Waals surface area contributed by atoms with Gasteiger partial charge < -0.3 is 15.4 Å². The number of phenols is 1. The Balaban J connectivity index is 1.71. The van der Waals surface area contributed by atoms with Crippen LogP contribution in [0.15, 0.2) is 30.5 Å². The molecule has 5 rings (SSSR count). The Kier molecular flexibility index (Phi) is 3.85. The van der Waals surface area contributed by atoms with Crippen molar-refractivity contribution in [3.63, 3.8) is 0 Å². The molecule has 1 aromatic heterocycles. The molecule has 4 unspecified atom stereocenters. The topological polar surface area (TPSA) is 70.6 Å². The molecule has 2 aromatic rings. The lowest BCUT2D eigenvalue weighted by molar-refractivity contribution is -0.577. The maximum atomic E-state index is 12.0. The molecule has 0 aliphatic carbocycles. The summed E-state index contributed by atoms with van der Waals surface area (Å²) in [5.41, 5.74) is 1.21. The number of aliphatic hydroxyl groups is 1. The number of aliphatic hydroxyl groups excluding tert-OH is 1. The molecule has 0 saturated carbocycles. The molecule has 1 aromatic carbocycles. The van der Waals surface area contributed by atoms with Crippen LogP contribution in [-0.4, -0.2) is 34.2 Å². The van der Waals surface area contributed by atoms with Gasteiger partial charge in [-0.25, -0.2) is 0 Å². The van der Waals surface area contributed by atoms with Gasteiger partial charge >= 0.3 is 0 Å². The highest BCUT2D eigenvalue weighted by Crippen LogP contribution is 2.42. The molecule has 5 atom stereocenters. The average Bonchev–Trinajstić information content (AvgIpc) is 2.61. The Hall–Kier alpha value is -1.85. The second-order valence-electron chi connectivity index (χ2n) is 7.26. The van der Waals surface area contributed by atoms with E-state index >= 15 is 0 Å². The molecule has 128 valence electrons. The van der Waals surface area contributed by atoms with Crippen LogP contribution in [0.5, 0.6) is 5.75 Å². The van der Waals surface area contributed by atoms with Crippen molar-refractivity contribution in [2.75, 3.05) is 13.1 Å². The summed E-state index contributed by atoms with van der Waals surface area (Å²) in [5.74, 6) is 1.54. The number of hydrogen-bond donors (Lipinski definition) is 2. The zero-order valence-electron chi connectivity index (χ0n) is 13.9. The van der Waals surface area contributed by atoms with Crippen LogP contribution in [0.2, 0.25) is 0 Å². The smallest absolute Gasteiger partial charge is 0.224 e. The van der Waals surface area contributed by atoms with Crippen LogP contribution in [0.25, 0.3) is 10.9 Å². The van der Waals surface area contributed by atoms with E-state index in [4.69, 9.17) is 0 Å². The van der Waals surface area contributed by atoms with Crippen molar-refractivity contribution in [1.82, 2.24) is 4.90 Å². The SMILES string of the molecule is CCC1CN2CCC1CC2[C@H](O)c1cc[n+]([O-])c2ccc(O)cc12. The van der Waals surface area contributed by atoms with Crippen molar-refractivity contribution in [1.29, 1.82) is 0 Å². The van der Waals surface area contributed by atoms with Gasteiger partial charge in [0.15, 0.2) is 6.20 Å². The summed E-state index contributed by atoms with van der Waals surface area (Å²) in [6.07, 6.45) is 4.23. The van der Waals surface area contributed by atoms with Gasteiger partial charge in [-0.15, -0.1) is 0 Å². The second-order valence-corrected chi connectivity index (χ2v) is 7.26. The summed E-state index contributed by atoms with van der Waals surface area (Å²) in [5, 5.41) is 33.5. The van der Waals surface area contributed by atoms with Gasteiger partial charge in [-0.05, 0) is 43.4 Å². The van der Waals surface area contributed by atoms with Gasteiger partial charge in [-0.1, -0.05) is 13.3 Å². The van der Waals surface area contributed by atoms with Gasteiger partial charge in [0.2, 0.25) is 5.52 Å². The average molecular weight is 328 g/mol. The molecular formula is C19H24N2O3. The summed E-state index contributed by atoms with van der Waals surface area (Å²) in [7, 11) is 0. The van der Waals surface area contributed by atoms with Crippen molar-refractivity contribution >= 4 is 10.9 Å². The highest BCUT2D eigenvalue weighted by Gasteiger charge is 2.42. The van der Waals surface area contributed by atoms with E-state index in [9.17, 15) is 15.4 Å². The van der Waals surface area contributed by atoms with Crippen LogP contribution in [0.3, 0.4) is 0 Å². The van der Waals surface area contributed by atoms with E-state index in [1.54, 1.807) is 18.2 Å². The Morgan fingerprint density at radius 2 is 2.21 bits per heavy atom. The standard InChI is InChI=1S/C19H24N2O3/c1-2-12-11-20-7-5-13(12)9-18(20)19(23)15-6-8-21(24)17-4-3-14(22)10-16(15)17/h3-4,6,8,10,12-13,18-19,22-23H,2,5,7,9,11H2,1H3/t12?,13?,18?,19-/m1/s1. The summed E-state index contributed by atoms with van der Waals surface area (Å²) in [4.78, 5) is 2.41. The van der Waals surface area contributed by atoms with Crippen LogP contribution >= 0.6 is 0 Å². The monoisotopic (exact) mass is 328 g/mol. The molecule has 0 radical (unpaired) electrons. The van der Waals surface area contributed by atoms with E-state index in [0.29, 0.717) is 16.8 Å². The molecule has 3 aliphatic rings. The van der Waals surface area contributed by atoms with Gasteiger partial charge in [0, 0.05) is 30.3 Å². The van der Waals surface area contributed by atoms with E-state index in [1.807, 2.05) is 0 Å². The van der Waals surface area contributed by atoms with Gasteiger partial charge in [0.05, 0.1) is 11.5 Å². The molecule has 2 bridgehead atoms. The Bertz CT molecular complexity index is 764. The van der Waals surface area contributed by atoms with Crippen LogP contribution < -0.4 is 4.73 Å². The largest absolute Gasteiger partial charge is 0.618 e. The molecule has 3 saturated heterocycles. The molecule has 5 nitrogen and oxygen atoms in total. The molecule has 2 N–H and O–H groups in total. The fourth-order valence-electron chi connectivity index (χ4n) is 4.70. The predicted molar refractivity (Wildman–Crippen MR) is 91.4 cm³/mol. The number of nitrogens with zero attached hydrogens (tertiary/aromatic N) is 2. The quantitative estimate of drug-likeness (QED) is 0.670. The van der Waals surface area contributed by atoms with Crippen molar-refractivity contribution in [2.45, 2.75) is 38.3 Å². The number of hydrogen-bond acceptors (Lipinski definition) is 4. The number of rotatable bonds is 3. The minimum Gasteiger partial charge on any atom is -0.618 e. The third kappa shape index (κ3) is 2.43. The van der Waals surface area contributed by atoms with Crippen molar-refractivity contribution in [3.05, 3.63) is 41.2 Å². The Morgan fingerprint density at radius 3 is 2.92 bits per heavy atom. The lowest BCUT2D eigenvalue weighted by atomic mass is 9.72. The third-order valence-corrected chi connectivity index (χ3v) is 6.06. The van der Waals surface area contributed by atoms with Gasteiger partial charge in [-0.2, -0.15) is 4.73 Å². The lowest BCUT2D eigenvalue weighted by Crippen LogP contribution is -2.55. The number of pyridine rings is 1. The van der Waals surface area contributed by atoms with Gasteiger partial charge in [0.1, 0.15) is 5.75 Å². The molecule has 5 heteroatoms. The zero-order valence-corrected chi connectivity index (χ0v) is 13.9. The molecule has 0 spiro atoms. The summed E-state index contributed by atoms with van der Waals surface area (Å²) < 4.78 is 0.783. The molecule has 4 heterocycles. The first kappa shape index (κ1) is 15.7. The molecule has 3 fully saturated rings. The Morgan fingerprint density at radius 1 is 1.38 bits per heavy atom. The fourth-order valence-corrected chi connectivity index (χ4v) is 4.70. The number of piperidine rings is 3. The van der Waals surface area contributed by atoms with E-state index in [1.165, 1.54) is 25.1 Å². The molecule has 0 amide bonds. The van der Waals surface area contributed by atoms with E-state index in [-0.39, 0.29) is 11.8 Å². The van der Waals surface area contributed by atoms with Crippen LogP contribution in [0.1, 0.15) is 37.9 Å². The lowest BCUT2D eigenvalue weighted by Gasteiger charge is -2.51. The maximum absolute atomic E-state index is 12.0. The maximum Gasteiger partial charge on any atom is 0.224 e. The Labute approximate surface area is 141 Å². The predicted octanol–water partition coefficient (Wildman–Crippen LogP) is 2.33. The minimum atomic E-state index is -0.642. The van der Waals surface area contributed by atoms with E-state index in [0.717, 1.165) is 35.7 Å². The second kappa shape index (κ2) is 5.90.